The van der Waals surface area contributed by atoms with Crippen LogP contribution in [0.4, 0.5) is 11.4 Å². The van der Waals surface area contributed by atoms with Gasteiger partial charge in [0.25, 0.3) is 5.91 Å². The first-order valence-corrected chi connectivity index (χ1v) is 10.2. The maximum Gasteiger partial charge on any atom is 0.257 e. The number of amides is 1. The highest BCUT2D eigenvalue weighted by molar-refractivity contribution is 9.10. The van der Waals surface area contributed by atoms with Crippen LogP contribution in [0.5, 0.6) is 5.75 Å². The van der Waals surface area contributed by atoms with Crippen molar-refractivity contribution in [2.45, 2.75) is 13.8 Å². The number of carbonyl (C=O) groups is 1. The maximum atomic E-state index is 12.4. The van der Waals surface area contributed by atoms with E-state index in [4.69, 9.17) is 23.2 Å². The van der Waals surface area contributed by atoms with Crippen LogP contribution in [0.1, 0.15) is 27.0 Å². The summed E-state index contributed by atoms with van der Waals surface area (Å²) >= 11 is 15.8. The predicted molar refractivity (Wildman–Crippen MR) is 123 cm³/mol. The number of aliphatic imine (C=N–C) groups is 1. The van der Waals surface area contributed by atoms with E-state index in [0.717, 1.165) is 11.1 Å². The molecule has 29 heavy (non-hydrogen) atoms. The predicted octanol–water partition coefficient (Wildman–Crippen LogP) is 7.08. The molecule has 0 radical (unpaired) electrons. The molecule has 0 saturated carbocycles. The molecule has 3 aromatic rings. The molecular weight excluding hydrogens is 475 g/mol. The first kappa shape index (κ1) is 21.4. The van der Waals surface area contributed by atoms with Crippen molar-refractivity contribution in [1.29, 1.82) is 0 Å². The standard InChI is InChI=1S/C22H17BrCl2N2O2/c1-12-17(21(28)19(23)13(2)20(12)25)11-26-14-6-5-7-15(10-14)27-22(29)16-8-3-4-9-18(16)24/h3-11,28H,1-2H3,(H,27,29). The average Bonchev–Trinajstić information content (AvgIpc) is 2.71. The van der Waals surface area contributed by atoms with Gasteiger partial charge >= 0.3 is 0 Å². The van der Waals surface area contributed by atoms with Gasteiger partial charge < -0.3 is 10.4 Å². The smallest absolute Gasteiger partial charge is 0.257 e. The van der Waals surface area contributed by atoms with Gasteiger partial charge in [-0.2, -0.15) is 0 Å². The van der Waals surface area contributed by atoms with Crippen molar-refractivity contribution in [3.05, 3.63) is 85.3 Å². The fraction of sp³-hybridized carbons (Fsp3) is 0.0909. The quantitative estimate of drug-likeness (QED) is 0.383. The average molecular weight is 492 g/mol. The molecule has 0 spiro atoms. The van der Waals surface area contributed by atoms with E-state index in [9.17, 15) is 9.90 Å². The molecule has 0 bridgehead atoms. The number of rotatable bonds is 4. The molecule has 0 aromatic heterocycles. The number of anilines is 1. The zero-order chi connectivity index (χ0) is 21.1. The lowest BCUT2D eigenvalue weighted by atomic mass is 10.0. The van der Waals surface area contributed by atoms with E-state index in [2.05, 4.69) is 26.2 Å². The van der Waals surface area contributed by atoms with Crippen LogP contribution in [0.25, 0.3) is 0 Å². The molecule has 148 valence electrons. The summed E-state index contributed by atoms with van der Waals surface area (Å²) in [7, 11) is 0. The first-order valence-electron chi connectivity index (χ1n) is 8.66. The van der Waals surface area contributed by atoms with E-state index in [1.54, 1.807) is 54.7 Å². The SMILES string of the molecule is Cc1c(Cl)c(C)c(C=Nc2cccc(NC(=O)c3ccccc3Cl)c2)c(O)c1Br. The Bertz CT molecular complexity index is 1100. The third-order valence-electron chi connectivity index (χ3n) is 4.42. The molecule has 3 aromatic carbocycles. The van der Waals surface area contributed by atoms with Gasteiger partial charge in [0.15, 0.2) is 0 Å². The van der Waals surface area contributed by atoms with Gasteiger partial charge in [-0.15, -0.1) is 0 Å². The molecule has 0 aliphatic carbocycles. The molecule has 0 aliphatic rings. The molecule has 7 heteroatoms. The number of nitrogens with zero attached hydrogens (tertiary/aromatic N) is 1. The number of phenols is 1. The number of aromatic hydroxyl groups is 1. The number of hydrogen-bond acceptors (Lipinski definition) is 3. The van der Waals surface area contributed by atoms with Gasteiger partial charge in [0.2, 0.25) is 0 Å². The van der Waals surface area contributed by atoms with Gasteiger partial charge in [0.05, 0.1) is 20.7 Å². The second-order valence-corrected chi connectivity index (χ2v) is 7.96. The van der Waals surface area contributed by atoms with E-state index in [0.29, 0.717) is 37.0 Å². The highest BCUT2D eigenvalue weighted by atomic mass is 79.9. The largest absolute Gasteiger partial charge is 0.506 e. The zero-order valence-electron chi connectivity index (χ0n) is 15.6. The third kappa shape index (κ3) is 4.64. The van der Waals surface area contributed by atoms with E-state index in [1.807, 2.05) is 13.8 Å². The summed E-state index contributed by atoms with van der Waals surface area (Å²) in [6.45, 7) is 3.65. The van der Waals surface area contributed by atoms with Gasteiger partial charge in [0, 0.05) is 22.5 Å². The second-order valence-electron chi connectivity index (χ2n) is 6.38. The van der Waals surface area contributed by atoms with Crippen LogP contribution in [0, 0.1) is 13.8 Å². The van der Waals surface area contributed by atoms with Crippen molar-refractivity contribution in [3.8, 4) is 5.75 Å². The van der Waals surface area contributed by atoms with Crippen molar-refractivity contribution in [2.75, 3.05) is 5.32 Å². The van der Waals surface area contributed by atoms with Gasteiger partial charge in [0.1, 0.15) is 5.75 Å². The number of phenolic OH excluding ortho intramolecular Hbond substituents is 1. The van der Waals surface area contributed by atoms with Crippen molar-refractivity contribution < 1.29 is 9.90 Å². The molecule has 0 unspecified atom stereocenters. The lowest BCUT2D eigenvalue weighted by Gasteiger charge is -2.12. The summed E-state index contributed by atoms with van der Waals surface area (Å²) < 4.78 is 0.537. The zero-order valence-corrected chi connectivity index (χ0v) is 18.7. The molecule has 0 aliphatic heterocycles. The number of carbonyl (C=O) groups excluding carboxylic acids is 1. The summed E-state index contributed by atoms with van der Waals surface area (Å²) in [5.41, 5.74) is 3.60. The molecular formula is C22H17BrCl2N2O2. The highest BCUT2D eigenvalue weighted by Gasteiger charge is 2.15. The summed E-state index contributed by atoms with van der Waals surface area (Å²) in [5, 5.41) is 14.2. The fourth-order valence-electron chi connectivity index (χ4n) is 2.77. The van der Waals surface area contributed by atoms with E-state index in [1.165, 1.54) is 0 Å². The normalized spacial score (nSPS) is 11.1. The van der Waals surface area contributed by atoms with Crippen LogP contribution < -0.4 is 5.32 Å². The minimum Gasteiger partial charge on any atom is -0.506 e. The Labute approximate surface area is 187 Å². The monoisotopic (exact) mass is 490 g/mol. The molecule has 4 nitrogen and oxygen atoms in total. The van der Waals surface area contributed by atoms with Crippen molar-refractivity contribution in [3.63, 3.8) is 0 Å². The molecule has 0 heterocycles. The number of halogens is 3. The third-order valence-corrected chi connectivity index (χ3v) is 6.29. The topological polar surface area (TPSA) is 61.7 Å². The Balaban J connectivity index is 1.86. The van der Waals surface area contributed by atoms with Crippen molar-refractivity contribution >= 4 is 62.6 Å². The number of hydrogen-bond donors (Lipinski definition) is 2. The Morgan fingerprint density at radius 2 is 1.83 bits per heavy atom. The summed E-state index contributed by atoms with van der Waals surface area (Å²) in [6.07, 6.45) is 1.55. The van der Waals surface area contributed by atoms with E-state index in [-0.39, 0.29) is 11.7 Å². The molecule has 0 atom stereocenters. The minimum atomic E-state index is -0.306. The van der Waals surface area contributed by atoms with E-state index >= 15 is 0 Å². The number of benzene rings is 3. The molecule has 0 fully saturated rings. The summed E-state index contributed by atoms with van der Waals surface area (Å²) in [5.74, 6) is -0.226. The van der Waals surface area contributed by atoms with Crippen LogP contribution in [0.15, 0.2) is 58.0 Å². The maximum absolute atomic E-state index is 12.4. The molecule has 2 N–H and O–H groups in total. The van der Waals surface area contributed by atoms with Gasteiger partial charge in [-0.05, 0) is 71.2 Å². The van der Waals surface area contributed by atoms with E-state index < -0.39 is 0 Å². The molecule has 3 rings (SSSR count). The molecule has 0 saturated heterocycles. The fourth-order valence-corrected chi connectivity index (χ4v) is 3.72. The van der Waals surface area contributed by atoms with Crippen LogP contribution in [0.2, 0.25) is 10.0 Å². The van der Waals surface area contributed by atoms with Gasteiger partial charge in [-0.25, -0.2) is 0 Å². The number of nitrogens with one attached hydrogen (secondary N) is 1. The van der Waals surface area contributed by atoms with Crippen LogP contribution in [-0.2, 0) is 0 Å². The first-order chi connectivity index (χ1) is 13.8. The Morgan fingerprint density at radius 1 is 1.10 bits per heavy atom. The highest BCUT2D eigenvalue weighted by Crippen LogP contribution is 2.38. The summed E-state index contributed by atoms with van der Waals surface area (Å²) in [6, 6.07) is 13.9. The Kier molecular flexibility index (Phi) is 6.63. The Hall–Kier alpha value is -2.34. The second kappa shape index (κ2) is 8.99. The minimum absolute atomic E-state index is 0.0799. The molecule has 1 amide bonds. The Morgan fingerprint density at radius 3 is 2.55 bits per heavy atom. The van der Waals surface area contributed by atoms with Gasteiger partial charge in [-0.1, -0.05) is 41.4 Å². The van der Waals surface area contributed by atoms with Gasteiger partial charge in [-0.3, -0.25) is 9.79 Å². The van der Waals surface area contributed by atoms with Crippen LogP contribution >= 0.6 is 39.1 Å². The lowest BCUT2D eigenvalue weighted by molar-refractivity contribution is 0.102. The van der Waals surface area contributed by atoms with Crippen LogP contribution in [-0.4, -0.2) is 17.2 Å². The summed E-state index contributed by atoms with van der Waals surface area (Å²) in [4.78, 5) is 16.9. The van der Waals surface area contributed by atoms with Crippen molar-refractivity contribution in [2.24, 2.45) is 4.99 Å². The lowest BCUT2D eigenvalue weighted by Crippen LogP contribution is -2.12. The van der Waals surface area contributed by atoms with Crippen LogP contribution in [0.3, 0.4) is 0 Å². The van der Waals surface area contributed by atoms with Crippen molar-refractivity contribution in [1.82, 2.24) is 0 Å².